The van der Waals surface area contributed by atoms with Gasteiger partial charge in [0.2, 0.25) is 0 Å². The van der Waals surface area contributed by atoms with Gasteiger partial charge in [0.05, 0.1) is 44.4 Å². The predicted octanol–water partition coefficient (Wildman–Crippen LogP) is 3.05. The van der Waals surface area contributed by atoms with E-state index < -0.39 is 21.2 Å². The Hall–Kier alpha value is -4.22. The normalized spacial score (nSPS) is 11.2. The van der Waals surface area contributed by atoms with Crippen molar-refractivity contribution in [3.8, 4) is 11.6 Å². The zero-order valence-electron chi connectivity index (χ0n) is 16.5. The molecule has 0 spiro atoms. The Morgan fingerprint density at radius 3 is 1.33 bits per heavy atom. The molecular formula is C18H16N8O4. The molecule has 0 atom stereocenters. The third-order valence-corrected chi connectivity index (χ3v) is 4.54. The van der Waals surface area contributed by atoms with E-state index in [0.29, 0.717) is 11.6 Å². The molecule has 0 aliphatic carbocycles. The monoisotopic (exact) mass is 408 g/mol. The summed E-state index contributed by atoms with van der Waals surface area (Å²) >= 11 is 0. The van der Waals surface area contributed by atoms with Gasteiger partial charge in [-0.15, -0.1) is 0 Å². The number of hydrogen-bond acceptors (Lipinski definition) is 8. The molecule has 0 saturated heterocycles. The molecule has 0 aliphatic rings. The van der Waals surface area contributed by atoms with Gasteiger partial charge in [0.15, 0.2) is 11.6 Å². The van der Waals surface area contributed by atoms with Crippen molar-refractivity contribution >= 4 is 22.4 Å². The molecule has 0 unspecified atom stereocenters. The molecule has 0 saturated carbocycles. The van der Waals surface area contributed by atoms with E-state index in [0.717, 1.165) is 34.9 Å². The lowest BCUT2D eigenvalue weighted by atomic mass is 10.2. The van der Waals surface area contributed by atoms with E-state index in [9.17, 15) is 20.2 Å². The molecule has 3 aromatic heterocycles. The van der Waals surface area contributed by atoms with Crippen molar-refractivity contribution in [2.45, 2.75) is 27.7 Å². The van der Waals surface area contributed by atoms with Crippen LogP contribution < -0.4 is 0 Å². The minimum atomic E-state index is -0.808. The quantitative estimate of drug-likeness (QED) is 0.369. The standard InChI is InChI=1S/C18H16N8O4/c1-9-5-11(3)23(21-9)17-18(24-12(4)6-10(2)22-24)20-14-8-16(26(29)30)15(25(27)28)7-13(14)19-17/h5-8H,1-4H3. The first kappa shape index (κ1) is 19.1. The van der Waals surface area contributed by atoms with E-state index in [2.05, 4.69) is 20.2 Å². The Morgan fingerprint density at radius 2 is 1.07 bits per heavy atom. The number of rotatable bonds is 4. The first-order valence-corrected chi connectivity index (χ1v) is 8.87. The highest BCUT2D eigenvalue weighted by Crippen LogP contribution is 2.32. The van der Waals surface area contributed by atoms with Crippen LogP contribution in [0.3, 0.4) is 0 Å². The van der Waals surface area contributed by atoms with E-state index >= 15 is 0 Å². The average molecular weight is 408 g/mol. The number of nitrogens with zero attached hydrogens (tertiary/aromatic N) is 8. The first-order valence-electron chi connectivity index (χ1n) is 8.87. The molecule has 4 aromatic rings. The Kier molecular flexibility index (Phi) is 4.26. The first-order chi connectivity index (χ1) is 14.2. The molecule has 0 N–H and O–H groups in total. The van der Waals surface area contributed by atoms with Crippen molar-refractivity contribution < 1.29 is 9.85 Å². The fourth-order valence-corrected chi connectivity index (χ4v) is 3.33. The highest BCUT2D eigenvalue weighted by Gasteiger charge is 2.27. The van der Waals surface area contributed by atoms with Crippen LogP contribution in [-0.2, 0) is 0 Å². The van der Waals surface area contributed by atoms with Gasteiger partial charge in [-0.25, -0.2) is 19.3 Å². The largest absolute Gasteiger partial charge is 0.348 e. The van der Waals surface area contributed by atoms with Crippen LogP contribution in [-0.4, -0.2) is 39.4 Å². The number of aromatic nitrogens is 6. The van der Waals surface area contributed by atoms with Crippen LogP contribution in [0.1, 0.15) is 22.8 Å². The zero-order valence-corrected chi connectivity index (χ0v) is 16.5. The summed E-state index contributed by atoms with van der Waals surface area (Å²) < 4.78 is 3.14. The molecular weight excluding hydrogens is 392 g/mol. The molecule has 3 heterocycles. The van der Waals surface area contributed by atoms with Crippen molar-refractivity contribution in [1.29, 1.82) is 0 Å². The van der Waals surface area contributed by atoms with Crippen LogP contribution in [0, 0.1) is 47.9 Å². The van der Waals surface area contributed by atoms with Crippen LogP contribution in [0.4, 0.5) is 11.4 Å². The topological polar surface area (TPSA) is 148 Å². The maximum Gasteiger partial charge on any atom is 0.348 e. The lowest BCUT2D eigenvalue weighted by Gasteiger charge is -2.12. The smallest absolute Gasteiger partial charge is 0.258 e. The molecule has 0 radical (unpaired) electrons. The maximum atomic E-state index is 11.3. The van der Waals surface area contributed by atoms with Crippen molar-refractivity contribution in [1.82, 2.24) is 29.5 Å². The predicted molar refractivity (Wildman–Crippen MR) is 106 cm³/mol. The fourth-order valence-electron chi connectivity index (χ4n) is 3.33. The van der Waals surface area contributed by atoms with E-state index in [4.69, 9.17) is 0 Å². The minimum absolute atomic E-state index is 0.139. The van der Waals surface area contributed by atoms with Crippen LogP contribution in [0.25, 0.3) is 22.7 Å². The SMILES string of the molecule is Cc1cc(C)n(-c2nc3cc([N+](=O)[O-])c([N+](=O)[O-])cc3nc2-n2nc(C)cc2C)n1. The summed E-state index contributed by atoms with van der Waals surface area (Å²) in [5.41, 5.74) is 2.03. The third kappa shape index (κ3) is 3.03. The summed E-state index contributed by atoms with van der Waals surface area (Å²) in [5, 5.41) is 31.6. The summed E-state index contributed by atoms with van der Waals surface area (Å²) in [6.45, 7) is 7.34. The van der Waals surface area contributed by atoms with Gasteiger partial charge < -0.3 is 0 Å². The fraction of sp³-hybridized carbons (Fsp3) is 0.222. The lowest BCUT2D eigenvalue weighted by molar-refractivity contribution is -0.422. The number of nitro benzene ring substituents is 2. The number of fused-ring (bicyclic) bond motifs is 1. The van der Waals surface area contributed by atoms with Gasteiger partial charge in [0, 0.05) is 11.4 Å². The molecule has 0 fully saturated rings. The number of nitro groups is 2. The highest BCUT2D eigenvalue weighted by molar-refractivity contribution is 5.83. The van der Waals surface area contributed by atoms with Gasteiger partial charge in [0.1, 0.15) is 0 Å². The van der Waals surface area contributed by atoms with Crippen LogP contribution in [0.2, 0.25) is 0 Å². The molecule has 4 rings (SSSR count). The van der Waals surface area contributed by atoms with Crippen molar-refractivity contribution in [3.63, 3.8) is 0 Å². The summed E-state index contributed by atoms with van der Waals surface area (Å²) in [7, 11) is 0. The maximum absolute atomic E-state index is 11.3. The molecule has 152 valence electrons. The number of aryl methyl sites for hydroxylation is 4. The average Bonchev–Trinajstić information content (AvgIpc) is 3.19. The Balaban J connectivity index is 2.11. The van der Waals surface area contributed by atoms with Crippen molar-refractivity contribution in [2.75, 3.05) is 0 Å². The van der Waals surface area contributed by atoms with Gasteiger partial charge >= 0.3 is 11.4 Å². The summed E-state index contributed by atoms with van der Waals surface area (Å²) in [6, 6.07) is 5.82. The Morgan fingerprint density at radius 1 is 0.700 bits per heavy atom. The molecule has 0 bridgehead atoms. The van der Waals surface area contributed by atoms with E-state index in [1.54, 1.807) is 9.36 Å². The second-order valence-corrected chi connectivity index (χ2v) is 6.89. The molecule has 0 aliphatic heterocycles. The highest BCUT2D eigenvalue weighted by atomic mass is 16.6. The number of benzene rings is 1. The van der Waals surface area contributed by atoms with Gasteiger partial charge in [-0.1, -0.05) is 0 Å². The molecule has 12 heteroatoms. The van der Waals surface area contributed by atoms with Gasteiger partial charge in [-0.3, -0.25) is 20.2 Å². The second-order valence-electron chi connectivity index (χ2n) is 6.89. The van der Waals surface area contributed by atoms with E-state index in [1.165, 1.54) is 0 Å². The summed E-state index contributed by atoms with van der Waals surface area (Å²) in [4.78, 5) is 30.1. The zero-order chi connectivity index (χ0) is 21.7. The van der Waals surface area contributed by atoms with E-state index in [1.807, 2.05) is 39.8 Å². The molecule has 12 nitrogen and oxygen atoms in total. The van der Waals surface area contributed by atoms with Crippen molar-refractivity contribution in [3.05, 3.63) is 67.3 Å². The minimum Gasteiger partial charge on any atom is -0.258 e. The van der Waals surface area contributed by atoms with Crippen LogP contribution in [0.15, 0.2) is 24.3 Å². The third-order valence-electron chi connectivity index (χ3n) is 4.54. The molecule has 1 aromatic carbocycles. The Labute approximate surface area is 169 Å². The molecule has 0 amide bonds. The second kappa shape index (κ2) is 6.69. The Bertz CT molecular complexity index is 1250. The van der Waals surface area contributed by atoms with Gasteiger partial charge in [0.25, 0.3) is 0 Å². The van der Waals surface area contributed by atoms with Gasteiger partial charge in [-0.2, -0.15) is 10.2 Å². The van der Waals surface area contributed by atoms with E-state index in [-0.39, 0.29) is 11.0 Å². The lowest BCUT2D eigenvalue weighted by Crippen LogP contribution is -2.13. The van der Waals surface area contributed by atoms with Crippen LogP contribution in [0.5, 0.6) is 0 Å². The van der Waals surface area contributed by atoms with Crippen molar-refractivity contribution in [2.24, 2.45) is 0 Å². The van der Waals surface area contributed by atoms with Crippen LogP contribution >= 0.6 is 0 Å². The number of hydrogen-bond donors (Lipinski definition) is 0. The molecule has 30 heavy (non-hydrogen) atoms. The van der Waals surface area contributed by atoms with Gasteiger partial charge in [-0.05, 0) is 39.8 Å². The summed E-state index contributed by atoms with van der Waals surface area (Å²) in [6.07, 6.45) is 0. The summed E-state index contributed by atoms with van der Waals surface area (Å²) in [5.74, 6) is 0.616.